The van der Waals surface area contributed by atoms with E-state index < -0.39 is 0 Å². The standard InChI is InChI=1S/C24H32N6O/c1-4-5-6-13-31-22-14-19(2)7-8-21(22)17-29-24(25-3)28-16-20-9-10-27-23(15-20)30-12-11-26-18-30/h7-12,14-15,18H,4-6,13,16-17H2,1-3H3,(H2,25,28,29). The summed E-state index contributed by atoms with van der Waals surface area (Å²) in [5, 5.41) is 6.75. The molecule has 0 amide bonds. The first kappa shape index (κ1) is 22.3. The van der Waals surface area contributed by atoms with Gasteiger partial charge in [0.15, 0.2) is 5.96 Å². The summed E-state index contributed by atoms with van der Waals surface area (Å²) in [5.41, 5.74) is 3.43. The van der Waals surface area contributed by atoms with Crippen LogP contribution >= 0.6 is 0 Å². The third kappa shape index (κ3) is 6.84. The molecule has 0 atom stereocenters. The van der Waals surface area contributed by atoms with E-state index in [1.54, 1.807) is 25.8 Å². The molecule has 3 aromatic rings. The van der Waals surface area contributed by atoms with Gasteiger partial charge in [-0.25, -0.2) is 9.97 Å². The number of ether oxygens (including phenoxy) is 1. The first-order valence-electron chi connectivity index (χ1n) is 10.8. The van der Waals surface area contributed by atoms with Crippen LogP contribution in [0.15, 0.2) is 60.2 Å². The third-order valence-corrected chi connectivity index (χ3v) is 4.94. The lowest BCUT2D eigenvalue weighted by Crippen LogP contribution is -2.36. The Bertz CT molecular complexity index is 968. The van der Waals surface area contributed by atoms with E-state index in [0.717, 1.165) is 41.7 Å². The van der Waals surface area contributed by atoms with Crippen LogP contribution in [0.4, 0.5) is 0 Å². The number of guanidine groups is 1. The summed E-state index contributed by atoms with van der Waals surface area (Å²) in [6, 6.07) is 10.4. The molecule has 0 aliphatic rings. The van der Waals surface area contributed by atoms with Gasteiger partial charge in [-0.1, -0.05) is 31.9 Å². The van der Waals surface area contributed by atoms with Crippen LogP contribution in [0.3, 0.4) is 0 Å². The predicted octanol–water partition coefficient (Wildman–Crippen LogP) is 4.01. The Hall–Kier alpha value is -3.35. The average Bonchev–Trinajstić information content (AvgIpc) is 3.33. The quantitative estimate of drug-likeness (QED) is 0.294. The number of nitrogens with zero attached hydrogens (tertiary/aromatic N) is 4. The molecule has 0 saturated heterocycles. The number of unbranched alkanes of at least 4 members (excludes halogenated alkanes) is 2. The molecule has 0 unspecified atom stereocenters. The maximum absolute atomic E-state index is 6.05. The molecule has 0 fully saturated rings. The molecule has 2 N–H and O–H groups in total. The minimum Gasteiger partial charge on any atom is -0.493 e. The van der Waals surface area contributed by atoms with Gasteiger partial charge < -0.3 is 15.4 Å². The minimum absolute atomic E-state index is 0.637. The number of benzene rings is 1. The lowest BCUT2D eigenvalue weighted by Gasteiger charge is -2.16. The number of imidazole rings is 1. The summed E-state index contributed by atoms with van der Waals surface area (Å²) in [7, 11) is 1.77. The van der Waals surface area contributed by atoms with Crippen molar-refractivity contribution in [2.75, 3.05) is 13.7 Å². The Morgan fingerprint density at radius 2 is 1.97 bits per heavy atom. The molecule has 164 valence electrons. The van der Waals surface area contributed by atoms with Gasteiger partial charge in [0, 0.05) is 44.3 Å². The molecular formula is C24H32N6O. The van der Waals surface area contributed by atoms with Gasteiger partial charge in [-0.15, -0.1) is 0 Å². The molecule has 1 aromatic carbocycles. The molecule has 0 spiro atoms. The van der Waals surface area contributed by atoms with Gasteiger partial charge in [0.1, 0.15) is 17.9 Å². The molecule has 0 aliphatic carbocycles. The van der Waals surface area contributed by atoms with Crippen LogP contribution in [0, 0.1) is 6.92 Å². The summed E-state index contributed by atoms with van der Waals surface area (Å²) < 4.78 is 7.93. The zero-order valence-electron chi connectivity index (χ0n) is 18.6. The van der Waals surface area contributed by atoms with Crippen molar-refractivity contribution in [3.05, 3.63) is 71.9 Å². The van der Waals surface area contributed by atoms with Crippen LogP contribution in [0.5, 0.6) is 5.75 Å². The molecule has 0 bridgehead atoms. The van der Waals surface area contributed by atoms with E-state index in [2.05, 4.69) is 57.6 Å². The van der Waals surface area contributed by atoms with Crippen molar-refractivity contribution >= 4 is 5.96 Å². The second-order valence-corrected chi connectivity index (χ2v) is 7.44. The Balaban J connectivity index is 1.56. The normalized spacial score (nSPS) is 11.4. The van der Waals surface area contributed by atoms with Gasteiger partial charge in [0.05, 0.1) is 6.61 Å². The molecule has 2 heterocycles. The second-order valence-electron chi connectivity index (χ2n) is 7.44. The molecule has 31 heavy (non-hydrogen) atoms. The van der Waals surface area contributed by atoms with Crippen molar-refractivity contribution < 1.29 is 4.74 Å². The lowest BCUT2D eigenvalue weighted by molar-refractivity contribution is 0.303. The van der Waals surface area contributed by atoms with Gasteiger partial charge in [-0.3, -0.25) is 9.56 Å². The van der Waals surface area contributed by atoms with Crippen LogP contribution < -0.4 is 15.4 Å². The van der Waals surface area contributed by atoms with Gasteiger partial charge in [-0.05, 0) is 42.7 Å². The number of pyridine rings is 1. The van der Waals surface area contributed by atoms with E-state index in [4.69, 9.17) is 4.74 Å². The molecule has 3 rings (SSSR count). The van der Waals surface area contributed by atoms with E-state index in [0.29, 0.717) is 13.1 Å². The highest BCUT2D eigenvalue weighted by Crippen LogP contribution is 2.21. The van der Waals surface area contributed by atoms with Crippen LogP contribution in [0.1, 0.15) is 42.9 Å². The highest BCUT2D eigenvalue weighted by Gasteiger charge is 2.07. The summed E-state index contributed by atoms with van der Waals surface area (Å²) >= 11 is 0. The van der Waals surface area contributed by atoms with Crippen molar-refractivity contribution in [3.63, 3.8) is 0 Å². The van der Waals surface area contributed by atoms with Gasteiger partial charge in [-0.2, -0.15) is 0 Å². The Kier molecular flexibility index (Phi) is 8.46. The highest BCUT2D eigenvalue weighted by atomic mass is 16.5. The summed E-state index contributed by atoms with van der Waals surface area (Å²) in [5.74, 6) is 2.51. The minimum atomic E-state index is 0.637. The first-order valence-corrected chi connectivity index (χ1v) is 10.8. The van der Waals surface area contributed by atoms with Crippen LogP contribution in [0.25, 0.3) is 5.82 Å². The van der Waals surface area contributed by atoms with Gasteiger partial charge in [0.25, 0.3) is 0 Å². The molecule has 0 saturated carbocycles. The molecule has 0 radical (unpaired) electrons. The summed E-state index contributed by atoms with van der Waals surface area (Å²) in [6.45, 7) is 6.31. The van der Waals surface area contributed by atoms with E-state index in [1.807, 2.05) is 22.9 Å². The number of rotatable bonds is 10. The predicted molar refractivity (Wildman–Crippen MR) is 125 cm³/mol. The van der Waals surface area contributed by atoms with Crippen LogP contribution in [0.2, 0.25) is 0 Å². The average molecular weight is 421 g/mol. The number of aryl methyl sites for hydroxylation is 1. The number of aliphatic imine (C=N–C) groups is 1. The van der Waals surface area contributed by atoms with E-state index >= 15 is 0 Å². The summed E-state index contributed by atoms with van der Waals surface area (Å²) in [4.78, 5) is 12.8. The van der Waals surface area contributed by atoms with Crippen molar-refractivity contribution in [3.8, 4) is 11.6 Å². The van der Waals surface area contributed by atoms with Gasteiger partial charge in [0.2, 0.25) is 0 Å². The maximum Gasteiger partial charge on any atom is 0.191 e. The van der Waals surface area contributed by atoms with Crippen molar-refractivity contribution in [2.45, 2.75) is 46.2 Å². The number of hydrogen-bond donors (Lipinski definition) is 2. The number of aromatic nitrogens is 3. The van der Waals surface area contributed by atoms with Crippen LogP contribution in [-0.4, -0.2) is 34.1 Å². The lowest BCUT2D eigenvalue weighted by atomic mass is 10.1. The SMILES string of the molecule is CCCCCOc1cc(C)ccc1CNC(=NC)NCc1ccnc(-n2ccnc2)c1. The van der Waals surface area contributed by atoms with E-state index in [1.165, 1.54) is 18.4 Å². The van der Waals surface area contributed by atoms with Crippen molar-refractivity contribution in [1.29, 1.82) is 0 Å². The van der Waals surface area contributed by atoms with E-state index in [-0.39, 0.29) is 0 Å². The van der Waals surface area contributed by atoms with E-state index in [9.17, 15) is 0 Å². The highest BCUT2D eigenvalue weighted by molar-refractivity contribution is 5.79. The van der Waals surface area contributed by atoms with Crippen molar-refractivity contribution in [1.82, 2.24) is 25.2 Å². The second kappa shape index (κ2) is 11.7. The monoisotopic (exact) mass is 420 g/mol. The molecule has 2 aromatic heterocycles. The smallest absolute Gasteiger partial charge is 0.191 e. The third-order valence-electron chi connectivity index (χ3n) is 4.94. The molecular weight excluding hydrogens is 388 g/mol. The molecule has 0 aliphatic heterocycles. The zero-order valence-corrected chi connectivity index (χ0v) is 18.6. The fourth-order valence-corrected chi connectivity index (χ4v) is 3.17. The van der Waals surface area contributed by atoms with Crippen LogP contribution in [-0.2, 0) is 13.1 Å². The molecule has 7 heteroatoms. The fraction of sp³-hybridized carbons (Fsp3) is 0.375. The number of nitrogens with one attached hydrogen (secondary N) is 2. The first-order chi connectivity index (χ1) is 15.2. The summed E-state index contributed by atoms with van der Waals surface area (Å²) in [6.07, 6.45) is 10.6. The van der Waals surface area contributed by atoms with Gasteiger partial charge >= 0.3 is 0 Å². The van der Waals surface area contributed by atoms with Crippen molar-refractivity contribution in [2.24, 2.45) is 4.99 Å². The Morgan fingerprint density at radius 3 is 2.74 bits per heavy atom. The maximum atomic E-state index is 6.05. The zero-order chi connectivity index (χ0) is 21.9. The number of hydrogen-bond acceptors (Lipinski definition) is 4. The Morgan fingerprint density at radius 1 is 1.10 bits per heavy atom. The topological polar surface area (TPSA) is 76.4 Å². The largest absolute Gasteiger partial charge is 0.493 e. The molecule has 7 nitrogen and oxygen atoms in total. The Labute approximate surface area is 184 Å². The fourth-order valence-electron chi connectivity index (χ4n) is 3.17.